The monoisotopic (exact) mass is 314 g/mol. The van der Waals surface area contributed by atoms with Crippen molar-refractivity contribution in [3.8, 4) is 6.07 Å². The van der Waals surface area contributed by atoms with Crippen LogP contribution in [0.25, 0.3) is 0 Å². The van der Waals surface area contributed by atoms with Gasteiger partial charge >= 0.3 is 0 Å². The van der Waals surface area contributed by atoms with Gasteiger partial charge in [0.25, 0.3) is 0 Å². The Labute approximate surface area is 134 Å². The van der Waals surface area contributed by atoms with Crippen LogP contribution in [0.1, 0.15) is 18.9 Å². The van der Waals surface area contributed by atoms with Crippen LogP contribution in [0.2, 0.25) is 0 Å². The van der Waals surface area contributed by atoms with Gasteiger partial charge in [0.1, 0.15) is 11.3 Å². The molecule has 2 aliphatic heterocycles. The lowest BCUT2D eigenvalue weighted by molar-refractivity contribution is -0.132. The number of Topliss-reactive ketones (excluding diaryl/α,β-unsaturated/α-hetero) is 1. The molecule has 0 spiro atoms. The SMILES string of the molecule is CC(=O)[C@]12C[C@@](C#N)(N3CCOCC3)[C@H]1Sc1ccccc12. The normalized spacial score (nSPS) is 36.8. The quantitative estimate of drug-likeness (QED) is 0.835. The number of ketones is 1. The van der Waals surface area contributed by atoms with Crippen molar-refractivity contribution < 1.29 is 9.53 Å². The number of nitriles is 1. The highest BCUT2D eigenvalue weighted by molar-refractivity contribution is 8.00. The Morgan fingerprint density at radius 1 is 1.41 bits per heavy atom. The molecular weight excluding hydrogens is 296 g/mol. The first kappa shape index (κ1) is 14.3. The molecule has 2 fully saturated rings. The van der Waals surface area contributed by atoms with Gasteiger partial charge in [0, 0.05) is 18.0 Å². The van der Waals surface area contributed by atoms with Crippen molar-refractivity contribution in [1.29, 1.82) is 5.26 Å². The van der Waals surface area contributed by atoms with Gasteiger partial charge in [-0.15, -0.1) is 11.8 Å². The van der Waals surface area contributed by atoms with E-state index in [9.17, 15) is 10.1 Å². The third-order valence-electron chi connectivity index (χ3n) is 5.44. The molecule has 0 unspecified atom stereocenters. The summed E-state index contributed by atoms with van der Waals surface area (Å²) in [6, 6.07) is 10.7. The summed E-state index contributed by atoms with van der Waals surface area (Å²) in [4.78, 5) is 15.9. The van der Waals surface area contributed by atoms with E-state index in [0.717, 1.165) is 23.5 Å². The molecular formula is C17H18N2O2S. The minimum Gasteiger partial charge on any atom is -0.379 e. The second kappa shape index (κ2) is 4.82. The molecule has 114 valence electrons. The van der Waals surface area contributed by atoms with E-state index in [-0.39, 0.29) is 11.0 Å². The minimum absolute atomic E-state index is 0.00185. The van der Waals surface area contributed by atoms with Crippen molar-refractivity contribution in [1.82, 2.24) is 4.90 Å². The molecule has 3 atom stereocenters. The maximum absolute atomic E-state index is 12.5. The van der Waals surface area contributed by atoms with Crippen LogP contribution in [0, 0.1) is 11.3 Å². The average molecular weight is 314 g/mol. The summed E-state index contributed by atoms with van der Waals surface area (Å²) in [5.41, 5.74) is 0.102. The molecule has 1 aromatic rings. The molecule has 5 heteroatoms. The molecule has 3 aliphatic rings. The average Bonchev–Trinajstić information content (AvgIpc) is 2.81. The third-order valence-corrected chi connectivity index (χ3v) is 7.08. The van der Waals surface area contributed by atoms with Crippen LogP contribution < -0.4 is 0 Å². The number of nitrogens with zero attached hydrogens (tertiary/aromatic N) is 2. The van der Waals surface area contributed by atoms with Gasteiger partial charge in [-0.3, -0.25) is 9.69 Å². The number of morpholine rings is 1. The molecule has 0 bridgehead atoms. The van der Waals surface area contributed by atoms with Gasteiger partial charge in [0.05, 0.1) is 29.9 Å². The number of ether oxygens (including phenoxy) is 1. The molecule has 2 heterocycles. The van der Waals surface area contributed by atoms with E-state index in [1.165, 1.54) is 0 Å². The lowest BCUT2D eigenvalue weighted by Crippen LogP contribution is -2.74. The van der Waals surface area contributed by atoms with Gasteiger partial charge in [0.2, 0.25) is 0 Å². The van der Waals surface area contributed by atoms with E-state index in [1.54, 1.807) is 18.7 Å². The predicted molar refractivity (Wildman–Crippen MR) is 83.8 cm³/mol. The van der Waals surface area contributed by atoms with Crippen molar-refractivity contribution in [2.75, 3.05) is 26.3 Å². The lowest BCUT2D eigenvalue weighted by Gasteiger charge is -2.59. The number of rotatable bonds is 2. The summed E-state index contributed by atoms with van der Waals surface area (Å²) in [6.07, 6.45) is 0.612. The number of hydrogen-bond acceptors (Lipinski definition) is 5. The van der Waals surface area contributed by atoms with Gasteiger partial charge in [-0.1, -0.05) is 18.2 Å². The highest BCUT2D eigenvalue weighted by Crippen LogP contribution is 2.66. The summed E-state index contributed by atoms with van der Waals surface area (Å²) in [6.45, 7) is 4.56. The summed E-state index contributed by atoms with van der Waals surface area (Å²) < 4.78 is 5.43. The van der Waals surface area contributed by atoms with E-state index in [1.807, 2.05) is 12.1 Å². The Kier molecular flexibility index (Phi) is 3.12. The second-order valence-corrected chi connectivity index (χ2v) is 7.48. The van der Waals surface area contributed by atoms with Crippen LogP contribution in [-0.4, -0.2) is 47.8 Å². The van der Waals surface area contributed by atoms with Crippen molar-refractivity contribution in [2.24, 2.45) is 0 Å². The highest BCUT2D eigenvalue weighted by Gasteiger charge is 2.72. The van der Waals surface area contributed by atoms with Crippen molar-refractivity contribution >= 4 is 17.5 Å². The Bertz CT molecular complexity index is 679. The van der Waals surface area contributed by atoms with E-state index in [4.69, 9.17) is 4.74 Å². The number of benzene rings is 1. The third kappa shape index (κ3) is 1.58. The fraction of sp³-hybridized carbons (Fsp3) is 0.529. The zero-order valence-corrected chi connectivity index (χ0v) is 13.4. The first-order valence-corrected chi connectivity index (χ1v) is 8.54. The Morgan fingerprint density at radius 3 is 2.82 bits per heavy atom. The van der Waals surface area contributed by atoms with Crippen LogP contribution in [0.3, 0.4) is 0 Å². The van der Waals surface area contributed by atoms with Crippen molar-refractivity contribution in [3.05, 3.63) is 29.8 Å². The standard InChI is InChI=1S/C17H18N2O2S/c1-12(20)17-10-16(11-18,19-6-8-21-9-7-19)15(17)22-14-5-3-2-4-13(14)17/h2-5,15H,6-10H2,1H3/t15-,16+,17+/m1/s1. The number of carbonyl (C=O) groups excluding carboxylic acids is 1. The largest absolute Gasteiger partial charge is 0.379 e. The van der Waals surface area contributed by atoms with Crippen LogP contribution in [-0.2, 0) is 14.9 Å². The molecule has 0 aromatic heterocycles. The van der Waals surface area contributed by atoms with Crippen LogP contribution in [0.5, 0.6) is 0 Å². The Morgan fingerprint density at radius 2 is 2.14 bits per heavy atom. The highest BCUT2D eigenvalue weighted by atomic mass is 32.2. The maximum atomic E-state index is 12.5. The Balaban J connectivity index is 1.77. The number of hydrogen-bond donors (Lipinski definition) is 0. The van der Waals surface area contributed by atoms with Gasteiger partial charge in [-0.2, -0.15) is 5.26 Å². The van der Waals surface area contributed by atoms with Gasteiger partial charge < -0.3 is 4.74 Å². The zero-order chi connectivity index (χ0) is 15.4. The second-order valence-electron chi connectivity index (χ2n) is 6.33. The molecule has 0 radical (unpaired) electrons. The fourth-order valence-electron chi connectivity index (χ4n) is 4.29. The molecule has 4 rings (SSSR count). The fourth-order valence-corrected chi connectivity index (χ4v) is 6.14. The van der Waals surface area contributed by atoms with Gasteiger partial charge in [0.15, 0.2) is 0 Å². The summed E-state index contributed by atoms with van der Waals surface area (Å²) in [5.74, 6) is 0.189. The van der Waals surface area contributed by atoms with Crippen LogP contribution >= 0.6 is 11.8 Å². The zero-order valence-electron chi connectivity index (χ0n) is 12.5. The summed E-state index contributed by atoms with van der Waals surface area (Å²) in [5, 5.41) is 9.95. The molecule has 4 nitrogen and oxygen atoms in total. The first-order valence-electron chi connectivity index (χ1n) is 7.66. The van der Waals surface area contributed by atoms with Gasteiger partial charge in [-0.25, -0.2) is 0 Å². The minimum atomic E-state index is -0.543. The van der Waals surface area contributed by atoms with E-state index >= 15 is 0 Å². The molecule has 1 saturated heterocycles. The number of fused-ring (bicyclic) bond motifs is 3. The molecule has 0 N–H and O–H groups in total. The van der Waals surface area contributed by atoms with E-state index in [2.05, 4.69) is 23.1 Å². The molecule has 1 aliphatic carbocycles. The van der Waals surface area contributed by atoms with Crippen LogP contribution in [0.4, 0.5) is 0 Å². The van der Waals surface area contributed by atoms with Crippen molar-refractivity contribution in [2.45, 2.75) is 34.4 Å². The molecule has 22 heavy (non-hydrogen) atoms. The van der Waals surface area contributed by atoms with Crippen LogP contribution in [0.15, 0.2) is 29.2 Å². The van der Waals surface area contributed by atoms with E-state index in [0.29, 0.717) is 19.6 Å². The summed E-state index contributed by atoms with van der Waals surface area (Å²) >= 11 is 1.71. The van der Waals surface area contributed by atoms with Gasteiger partial charge in [-0.05, 0) is 25.0 Å². The van der Waals surface area contributed by atoms with E-state index < -0.39 is 11.0 Å². The number of carbonyl (C=O) groups is 1. The Hall–Kier alpha value is -1.35. The molecule has 1 aromatic carbocycles. The lowest BCUT2D eigenvalue weighted by atomic mass is 9.52. The molecule has 1 saturated carbocycles. The first-order chi connectivity index (χ1) is 10.6. The van der Waals surface area contributed by atoms with Crippen molar-refractivity contribution in [3.63, 3.8) is 0 Å². The maximum Gasteiger partial charge on any atom is 0.141 e. The molecule has 0 amide bonds. The summed E-state index contributed by atoms with van der Waals surface area (Å²) in [7, 11) is 0. The topological polar surface area (TPSA) is 53.3 Å². The predicted octanol–water partition coefficient (Wildman–Crippen LogP) is 1.99. The number of thioether (sulfide) groups is 1. The smallest absolute Gasteiger partial charge is 0.141 e.